The van der Waals surface area contributed by atoms with Gasteiger partial charge in [-0.3, -0.25) is 4.79 Å². The Morgan fingerprint density at radius 3 is 1.94 bits per heavy atom. The van der Waals surface area contributed by atoms with Crippen molar-refractivity contribution in [3.8, 4) is 0 Å². The third kappa shape index (κ3) is 8.22. The molecule has 0 aromatic heterocycles. The summed E-state index contributed by atoms with van der Waals surface area (Å²) in [4.78, 5) is 11.6. The third-order valence-corrected chi connectivity index (χ3v) is 2.25. The molecule has 0 unspecified atom stereocenters. The van der Waals surface area contributed by atoms with E-state index in [2.05, 4.69) is 24.3 Å². The molecule has 0 aromatic carbocycles. The minimum absolute atomic E-state index is 0.216. The van der Waals surface area contributed by atoms with Crippen molar-refractivity contribution < 1.29 is 4.79 Å². The molecular formula is C15H24O. The molecule has 0 heterocycles. The van der Waals surface area contributed by atoms with Crippen molar-refractivity contribution in [3.05, 3.63) is 36.5 Å². The van der Waals surface area contributed by atoms with Crippen LogP contribution in [0.2, 0.25) is 0 Å². The van der Waals surface area contributed by atoms with Crippen molar-refractivity contribution in [1.82, 2.24) is 0 Å². The summed E-state index contributed by atoms with van der Waals surface area (Å²) in [5, 5.41) is 0. The van der Waals surface area contributed by atoms with Gasteiger partial charge in [0.15, 0.2) is 0 Å². The SMILES string of the molecule is C/C=C\C/C=C\C/C=C\CC(=O)C(C)(C)C. The Morgan fingerprint density at radius 2 is 1.44 bits per heavy atom. The van der Waals surface area contributed by atoms with Crippen LogP contribution in [0.25, 0.3) is 0 Å². The van der Waals surface area contributed by atoms with Crippen LogP contribution in [-0.2, 0) is 4.79 Å². The van der Waals surface area contributed by atoms with Crippen LogP contribution >= 0.6 is 0 Å². The fourth-order valence-corrected chi connectivity index (χ4v) is 1.08. The molecule has 0 atom stereocenters. The first-order valence-corrected chi connectivity index (χ1v) is 5.93. The van der Waals surface area contributed by atoms with Gasteiger partial charge in [0.05, 0.1) is 0 Å². The lowest BCUT2D eigenvalue weighted by molar-refractivity contribution is -0.125. The van der Waals surface area contributed by atoms with Crippen molar-refractivity contribution >= 4 is 5.78 Å². The Balaban J connectivity index is 3.71. The number of allylic oxidation sites excluding steroid dienone is 6. The van der Waals surface area contributed by atoms with Crippen LogP contribution in [0, 0.1) is 5.41 Å². The number of hydrogen-bond acceptors (Lipinski definition) is 1. The highest BCUT2D eigenvalue weighted by atomic mass is 16.1. The van der Waals surface area contributed by atoms with E-state index in [9.17, 15) is 4.79 Å². The fraction of sp³-hybridized carbons (Fsp3) is 0.533. The Morgan fingerprint density at radius 1 is 0.938 bits per heavy atom. The highest BCUT2D eigenvalue weighted by molar-refractivity contribution is 5.84. The van der Waals surface area contributed by atoms with E-state index in [0.717, 1.165) is 12.8 Å². The first kappa shape index (κ1) is 14.9. The van der Waals surface area contributed by atoms with E-state index in [4.69, 9.17) is 0 Å². The van der Waals surface area contributed by atoms with E-state index in [1.54, 1.807) is 0 Å². The van der Waals surface area contributed by atoms with Gasteiger partial charge in [0.1, 0.15) is 5.78 Å². The molecule has 0 aromatic rings. The van der Waals surface area contributed by atoms with E-state index >= 15 is 0 Å². The van der Waals surface area contributed by atoms with E-state index in [0.29, 0.717) is 12.2 Å². The van der Waals surface area contributed by atoms with E-state index in [1.807, 2.05) is 39.8 Å². The molecule has 1 nitrogen and oxygen atoms in total. The summed E-state index contributed by atoms with van der Waals surface area (Å²) in [5.74, 6) is 0.293. The molecule has 0 spiro atoms. The molecule has 0 amide bonds. The van der Waals surface area contributed by atoms with E-state index in [1.165, 1.54) is 0 Å². The molecule has 0 rings (SSSR count). The summed E-state index contributed by atoms with van der Waals surface area (Å²) < 4.78 is 0. The summed E-state index contributed by atoms with van der Waals surface area (Å²) in [6.07, 6.45) is 14.9. The average molecular weight is 220 g/mol. The lowest BCUT2D eigenvalue weighted by atomic mass is 9.89. The number of hydrogen-bond donors (Lipinski definition) is 0. The summed E-state index contributed by atoms with van der Waals surface area (Å²) in [6.45, 7) is 7.90. The normalized spacial score (nSPS) is 13.2. The van der Waals surface area contributed by atoms with Gasteiger partial charge in [0.25, 0.3) is 0 Å². The molecule has 0 saturated heterocycles. The predicted octanol–water partition coefficient (Wildman–Crippen LogP) is 4.46. The van der Waals surface area contributed by atoms with Crippen LogP contribution < -0.4 is 0 Å². The molecule has 0 radical (unpaired) electrons. The maximum atomic E-state index is 11.6. The first-order chi connectivity index (χ1) is 7.48. The molecule has 90 valence electrons. The zero-order chi connectivity index (χ0) is 12.4. The van der Waals surface area contributed by atoms with Crippen LogP contribution in [0.1, 0.15) is 47.0 Å². The topological polar surface area (TPSA) is 17.1 Å². The Bertz CT molecular complexity index is 274. The van der Waals surface area contributed by atoms with Crippen molar-refractivity contribution in [3.63, 3.8) is 0 Å². The lowest BCUT2D eigenvalue weighted by Gasteiger charge is -2.14. The monoisotopic (exact) mass is 220 g/mol. The molecule has 1 heteroatoms. The van der Waals surface area contributed by atoms with Gasteiger partial charge in [-0.25, -0.2) is 0 Å². The molecule has 0 N–H and O–H groups in total. The largest absolute Gasteiger partial charge is 0.299 e. The molecular weight excluding hydrogens is 196 g/mol. The van der Waals surface area contributed by atoms with Crippen LogP contribution in [-0.4, -0.2) is 5.78 Å². The fourth-order valence-electron chi connectivity index (χ4n) is 1.08. The van der Waals surface area contributed by atoms with Gasteiger partial charge in [0.2, 0.25) is 0 Å². The second-order valence-electron chi connectivity index (χ2n) is 4.86. The van der Waals surface area contributed by atoms with Crippen molar-refractivity contribution in [2.75, 3.05) is 0 Å². The first-order valence-electron chi connectivity index (χ1n) is 5.93. The highest BCUT2D eigenvalue weighted by Crippen LogP contribution is 2.16. The maximum absolute atomic E-state index is 11.6. The number of carbonyl (C=O) groups is 1. The van der Waals surface area contributed by atoms with Crippen LogP contribution in [0.3, 0.4) is 0 Å². The Hall–Kier alpha value is -1.11. The molecule has 0 fully saturated rings. The minimum atomic E-state index is -0.216. The molecule has 0 aliphatic rings. The Labute approximate surface area is 99.9 Å². The van der Waals surface area contributed by atoms with Gasteiger partial charge in [-0.15, -0.1) is 0 Å². The molecule has 0 aliphatic carbocycles. The highest BCUT2D eigenvalue weighted by Gasteiger charge is 2.18. The number of carbonyl (C=O) groups excluding carboxylic acids is 1. The van der Waals surface area contributed by atoms with Gasteiger partial charge in [-0.1, -0.05) is 57.2 Å². The molecule has 0 aliphatic heterocycles. The second kappa shape index (κ2) is 8.09. The predicted molar refractivity (Wildman–Crippen MR) is 71.4 cm³/mol. The number of rotatable bonds is 6. The second-order valence-corrected chi connectivity index (χ2v) is 4.86. The van der Waals surface area contributed by atoms with Crippen molar-refractivity contribution in [2.45, 2.75) is 47.0 Å². The minimum Gasteiger partial charge on any atom is -0.299 e. The molecule has 0 bridgehead atoms. The summed E-state index contributed by atoms with van der Waals surface area (Å²) >= 11 is 0. The van der Waals surface area contributed by atoms with Crippen LogP contribution in [0.5, 0.6) is 0 Å². The molecule has 0 saturated carbocycles. The summed E-state index contributed by atoms with van der Waals surface area (Å²) in [7, 11) is 0. The van der Waals surface area contributed by atoms with Crippen molar-refractivity contribution in [1.29, 1.82) is 0 Å². The zero-order valence-corrected chi connectivity index (χ0v) is 11.0. The van der Waals surface area contributed by atoms with Gasteiger partial charge in [0, 0.05) is 11.8 Å². The van der Waals surface area contributed by atoms with Crippen LogP contribution in [0.15, 0.2) is 36.5 Å². The van der Waals surface area contributed by atoms with E-state index < -0.39 is 0 Å². The zero-order valence-electron chi connectivity index (χ0n) is 11.0. The average Bonchev–Trinajstić information content (AvgIpc) is 2.20. The number of ketones is 1. The Kier molecular flexibility index (Phi) is 7.53. The molecule has 16 heavy (non-hydrogen) atoms. The van der Waals surface area contributed by atoms with Crippen molar-refractivity contribution in [2.24, 2.45) is 5.41 Å². The van der Waals surface area contributed by atoms with Gasteiger partial charge in [-0.2, -0.15) is 0 Å². The maximum Gasteiger partial charge on any atom is 0.141 e. The van der Waals surface area contributed by atoms with Crippen LogP contribution in [0.4, 0.5) is 0 Å². The quantitative estimate of drug-likeness (QED) is 0.604. The summed E-state index contributed by atoms with van der Waals surface area (Å²) in [6, 6.07) is 0. The van der Waals surface area contributed by atoms with Gasteiger partial charge < -0.3 is 0 Å². The standard InChI is InChI=1S/C15H24O/c1-5-6-7-8-9-10-11-12-13-14(16)15(2,3)4/h5-6,8-9,11-12H,7,10,13H2,1-4H3/b6-5-,9-8-,12-11-. The smallest absolute Gasteiger partial charge is 0.141 e. The van der Waals surface area contributed by atoms with Gasteiger partial charge in [-0.05, 0) is 19.8 Å². The van der Waals surface area contributed by atoms with Gasteiger partial charge >= 0.3 is 0 Å². The lowest BCUT2D eigenvalue weighted by Crippen LogP contribution is -2.18. The number of Topliss-reactive ketones (excluding diaryl/α,β-unsaturated/α-hetero) is 1. The van der Waals surface area contributed by atoms with E-state index in [-0.39, 0.29) is 5.41 Å². The summed E-state index contributed by atoms with van der Waals surface area (Å²) in [5.41, 5.74) is -0.216. The third-order valence-electron chi connectivity index (χ3n) is 2.25.